The molecule has 6 nitrogen and oxygen atoms in total. The zero-order valence-electron chi connectivity index (χ0n) is 17.3. The molecular formula is C24H25FN4O2. The van der Waals surface area contributed by atoms with Crippen molar-refractivity contribution in [1.29, 1.82) is 5.26 Å². The minimum absolute atomic E-state index is 0.258. The van der Waals surface area contributed by atoms with Crippen LogP contribution >= 0.6 is 0 Å². The number of rotatable bonds is 6. The molecule has 0 amide bonds. The van der Waals surface area contributed by atoms with Crippen molar-refractivity contribution in [2.24, 2.45) is 0 Å². The Kier molecular flexibility index (Phi) is 5.45. The fraction of sp³-hybridized carbons (Fsp3) is 0.417. The van der Waals surface area contributed by atoms with Gasteiger partial charge in [-0.2, -0.15) is 15.0 Å². The first-order valence-corrected chi connectivity index (χ1v) is 10.8. The third-order valence-corrected chi connectivity index (χ3v) is 6.39. The van der Waals surface area contributed by atoms with Crippen LogP contribution in [0.5, 0.6) is 0 Å². The molecule has 0 aliphatic carbocycles. The Labute approximate surface area is 180 Å². The molecule has 5 rings (SSSR count). The molecule has 0 spiro atoms. The molecule has 160 valence electrons. The number of nitrogens with zero attached hydrogens (tertiary/aromatic N) is 4. The van der Waals surface area contributed by atoms with Crippen LogP contribution in [0.1, 0.15) is 36.4 Å². The van der Waals surface area contributed by atoms with Crippen LogP contribution in [0.2, 0.25) is 0 Å². The van der Waals surface area contributed by atoms with E-state index >= 15 is 0 Å². The van der Waals surface area contributed by atoms with Gasteiger partial charge in [0, 0.05) is 29.8 Å². The van der Waals surface area contributed by atoms with E-state index in [-0.39, 0.29) is 5.82 Å². The van der Waals surface area contributed by atoms with Crippen LogP contribution in [0.25, 0.3) is 10.9 Å². The lowest BCUT2D eigenvalue weighted by molar-refractivity contribution is -0.172. The number of para-hydroxylation sites is 1. The summed E-state index contributed by atoms with van der Waals surface area (Å²) in [4.78, 5) is 2.44. The minimum Gasteiger partial charge on any atom is -0.343 e. The maximum atomic E-state index is 13.3. The normalized spacial score (nSPS) is 21.0. The molecular weight excluding hydrogens is 395 g/mol. The third kappa shape index (κ3) is 3.83. The van der Waals surface area contributed by atoms with Crippen molar-refractivity contribution >= 4 is 10.9 Å². The lowest BCUT2D eigenvalue weighted by Gasteiger charge is -2.29. The van der Waals surface area contributed by atoms with Gasteiger partial charge in [0.2, 0.25) is 6.19 Å². The van der Waals surface area contributed by atoms with Crippen molar-refractivity contribution in [3.05, 3.63) is 65.6 Å². The SMILES string of the molecule is N#Cn1nc(C2CCN(CCCC3(c4ccc(F)cc4)OCCO3)C2)c2ccccc21. The summed E-state index contributed by atoms with van der Waals surface area (Å²) in [7, 11) is 0. The molecule has 31 heavy (non-hydrogen) atoms. The largest absolute Gasteiger partial charge is 0.343 e. The number of aromatic nitrogens is 2. The van der Waals surface area contributed by atoms with Gasteiger partial charge < -0.3 is 14.4 Å². The first-order chi connectivity index (χ1) is 15.2. The van der Waals surface area contributed by atoms with Gasteiger partial charge in [0.15, 0.2) is 5.79 Å². The molecule has 1 aromatic heterocycles. The van der Waals surface area contributed by atoms with Crippen LogP contribution < -0.4 is 0 Å². The fourth-order valence-electron chi connectivity index (χ4n) is 4.88. The molecule has 2 fully saturated rings. The zero-order valence-corrected chi connectivity index (χ0v) is 17.3. The molecule has 3 aromatic rings. The van der Waals surface area contributed by atoms with E-state index in [1.54, 1.807) is 12.1 Å². The van der Waals surface area contributed by atoms with Crippen LogP contribution in [-0.4, -0.2) is 47.5 Å². The molecule has 2 aliphatic heterocycles. The van der Waals surface area contributed by atoms with E-state index in [1.165, 1.54) is 16.8 Å². The second-order valence-electron chi connectivity index (χ2n) is 8.26. The van der Waals surface area contributed by atoms with Gasteiger partial charge in [-0.05, 0) is 44.1 Å². The summed E-state index contributed by atoms with van der Waals surface area (Å²) in [6, 6.07) is 14.3. The van der Waals surface area contributed by atoms with Crippen molar-refractivity contribution in [3.8, 4) is 6.19 Å². The average Bonchev–Trinajstić information content (AvgIpc) is 3.53. The third-order valence-electron chi connectivity index (χ3n) is 6.39. The molecule has 2 aromatic carbocycles. The monoisotopic (exact) mass is 420 g/mol. The Bertz CT molecular complexity index is 1100. The van der Waals surface area contributed by atoms with Gasteiger partial charge >= 0.3 is 0 Å². The average molecular weight is 420 g/mol. The van der Waals surface area contributed by atoms with Gasteiger partial charge in [0.1, 0.15) is 5.82 Å². The van der Waals surface area contributed by atoms with Crippen molar-refractivity contribution < 1.29 is 13.9 Å². The highest BCUT2D eigenvalue weighted by Gasteiger charge is 2.38. The lowest BCUT2D eigenvalue weighted by atomic mass is 10.00. The summed E-state index contributed by atoms with van der Waals surface area (Å²) in [5.41, 5.74) is 2.76. The summed E-state index contributed by atoms with van der Waals surface area (Å²) in [6.45, 7) is 3.97. The van der Waals surface area contributed by atoms with E-state index in [2.05, 4.69) is 22.3 Å². The van der Waals surface area contributed by atoms with Crippen molar-refractivity contribution in [2.75, 3.05) is 32.8 Å². The van der Waals surface area contributed by atoms with Crippen LogP contribution in [0, 0.1) is 17.3 Å². The van der Waals surface area contributed by atoms with Gasteiger partial charge in [-0.1, -0.05) is 30.3 Å². The highest BCUT2D eigenvalue weighted by atomic mass is 19.1. The Morgan fingerprint density at radius 2 is 1.90 bits per heavy atom. The number of benzene rings is 2. The first-order valence-electron chi connectivity index (χ1n) is 10.8. The quantitative estimate of drug-likeness (QED) is 0.604. The minimum atomic E-state index is -0.769. The van der Waals surface area contributed by atoms with E-state index in [1.807, 2.05) is 18.2 Å². The van der Waals surface area contributed by atoms with E-state index < -0.39 is 5.79 Å². The summed E-state index contributed by atoms with van der Waals surface area (Å²) in [6.07, 6.45) is 4.83. The van der Waals surface area contributed by atoms with Crippen LogP contribution in [0.4, 0.5) is 4.39 Å². The van der Waals surface area contributed by atoms with E-state index in [4.69, 9.17) is 9.47 Å². The summed E-state index contributed by atoms with van der Waals surface area (Å²) >= 11 is 0. The Morgan fingerprint density at radius 1 is 1.13 bits per heavy atom. The van der Waals surface area contributed by atoms with Crippen LogP contribution in [0.3, 0.4) is 0 Å². The molecule has 0 saturated carbocycles. The number of hydrogen-bond acceptors (Lipinski definition) is 5. The number of likely N-dealkylation sites (tertiary alicyclic amines) is 1. The first kappa shape index (κ1) is 20.1. The number of fused-ring (bicyclic) bond motifs is 1. The summed E-state index contributed by atoms with van der Waals surface area (Å²) in [5.74, 6) is -0.704. The maximum Gasteiger partial charge on any atom is 0.206 e. The van der Waals surface area contributed by atoms with Gasteiger partial charge in [-0.25, -0.2) is 4.39 Å². The fourth-order valence-corrected chi connectivity index (χ4v) is 4.88. The number of hydrogen-bond donors (Lipinski definition) is 0. The van der Waals surface area contributed by atoms with Gasteiger partial charge in [0.05, 0.1) is 24.4 Å². The smallest absolute Gasteiger partial charge is 0.206 e. The number of halogens is 1. The van der Waals surface area contributed by atoms with Crippen molar-refractivity contribution in [1.82, 2.24) is 14.7 Å². The number of ether oxygens (including phenoxy) is 2. The zero-order chi connectivity index (χ0) is 21.3. The lowest BCUT2D eigenvalue weighted by Crippen LogP contribution is -2.30. The van der Waals surface area contributed by atoms with Gasteiger partial charge in [0.25, 0.3) is 0 Å². The number of nitriles is 1. The van der Waals surface area contributed by atoms with Gasteiger partial charge in [-0.15, -0.1) is 0 Å². The summed E-state index contributed by atoms with van der Waals surface area (Å²) in [5, 5.41) is 15.0. The Morgan fingerprint density at radius 3 is 2.68 bits per heavy atom. The predicted molar refractivity (Wildman–Crippen MR) is 114 cm³/mol. The second kappa shape index (κ2) is 8.39. The van der Waals surface area contributed by atoms with Gasteiger partial charge in [-0.3, -0.25) is 0 Å². The van der Waals surface area contributed by atoms with E-state index in [0.29, 0.717) is 19.1 Å². The molecule has 0 N–H and O–H groups in total. The molecule has 2 saturated heterocycles. The van der Waals surface area contributed by atoms with Crippen molar-refractivity contribution in [2.45, 2.75) is 31.0 Å². The van der Waals surface area contributed by atoms with Crippen LogP contribution in [-0.2, 0) is 15.3 Å². The highest BCUT2D eigenvalue weighted by molar-refractivity contribution is 5.83. The van der Waals surface area contributed by atoms with Crippen LogP contribution in [0.15, 0.2) is 48.5 Å². The Hall–Kier alpha value is -2.79. The van der Waals surface area contributed by atoms with E-state index in [0.717, 1.165) is 61.1 Å². The Balaban J connectivity index is 1.23. The summed E-state index contributed by atoms with van der Waals surface area (Å²) < 4.78 is 26.7. The molecule has 0 radical (unpaired) electrons. The molecule has 2 aliphatic rings. The second-order valence-corrected chi connectivity index (χ2v) is 8.26. The van der Waals surface area contributed by atoms with Crippen molar-refractivity contribution in [3.63, 3.8) is 0 Å². The predicted octanol–water partition coefficient (Wildman–Crippen LogP) is 3.97. The molecule has 3 heterocycles. The molecule has 1 unspecified atom stereocenters. The standard InChI is InChI=1S/C24H25FN4O2/c25-20-8-6-19(7-9-20)24(30-14-15-31-24)11-3-12-28-13-10-18(16-28)23-21-4-1-2-5-22(21)29(17-26)27-23/h1-2,4-9,18H,3,10-16H2. The van der Waals surface area contributed by atoms with E-state index in [9.17, 15) is 9.65 Å². The molecule has 0 bridgehead atoms. The topological polar surface area (TPSA) is 63.3 Å². The molecule has 1 atom stereocenters. The molecule has 7 heteroatoms. The maximum absolute atomic E-state index is 13.3. The highest BCUT2D eigenvalue weighted by Crippen LogP contribution is 2.37.